The minimum Gasteiger partial charge on any atom is -0.458 e. The highest BCUT2D eigenvalue weighted by molar-refractivity contribution is 6.99. The van der Waals surface area contributed by atoms with E-state index in [1.165, 1.54) is 10.4 Å². The molecule has 1 fully saturated rings. The molecule has 1 saturated heterocycles. The van der Waals surface area contributed by atoms with Crippen molar-refractivity contribution in [2.24, 2.45) is 0 Å². The lowest BCUT2D eigenvalue weighted by molar-refractivity contribution is -0.422. The molecule has 0 aromatic heterocycles. The van der Waals surface area contributed by atoms with Gasteiger partial charge in [-0.2, -0.15) is 0 Å². The third-order valence-electron chi connectivity index (χ3n) is 5.98. The number of nitrogens with zero attached hydrogens (tertiary/aromatic N) is 1. The molecule has 33 heavy (non-hydrogen) atoms. The smallest absolute Gasteiger partial charge is 0.411 e. The third-order valence-corrected chi connectivity index (χ3v) is 11.0. The second-order valence-corrected chi connectivity index (χ2v) is 13.5. The minimum atomic E-state index is -2.70. The maximum atomic E-state index is 12.1. The summed E-state index contributed by atoms with van der Waals surface area (Å²) >= 11 is 0. The van der Waals surface area contributed by atoms with Gasteiger partial charge in [-0.3, -0.25) is 10.1 Å². The Morgan fingerprint density at radius 2 is 1.64 bits per heavy atom. The fourth-order valence-corrected chi connectivity index (χ4v) is 9.12. The monoisotopic (exact) mass is 468 g/mol. The Bertz CT molecular complexity index is 963. The van der Waals surface area contributed by atoms with E-state index in [0.717, 1.165) is 0 Å². The van der Waals surface area contributed by atoms with Crippen molar-refractivity contribution in [3.63, 3.8) is 0 Å². The summed E-state index contributed by atoms with van der Waals surface area (Å²) in [4.78, 5) is 23.0. The van der Waals surface area contributed by atoms with Crippen molar-refractivity contribution < 1.29 is 18.9 Å². The third kappa shape index (κ3) is 5.17. The molecular formula is C25H32N2O5Si. The Kier molecular flexibility index (Phi) is 7.71. The van der Waals surface area contributed by atoms with Crippen molar-refractivity contribution in [1.82, 2.24) is 5.32 Å². The van der Waals surface area contributed by atoms with Crippen LogP contribution in [-0.2, 0) is 14.0 Å². The zero-order valence-electron chi connectivity index (χ0n) is 19.7. The van der Waals surface area contributed by atoms with Crippen LogP contribution in [0.4, 0.5) is 0 Å². The number of rotatable bonds is 8. The van der Waals surface area contributed by atoms with Gasteiger partial charge in [0.25, 0.3) is 8.32 Å². The summed E-state index contributed by atoms with van der Waals surface area (Å²) in [6.45, 7) is 8.71. The molecule has 0 saturated carbocycles. The number of carbonyl (C=O) groups excluding carboxylic acids is 1. The van der Waals surface area contributed by atoms with E-state index in [9.17, 15) is 14.9 Å². The van der Waals surface area contributed by atoms with Crippen molar-refractivity contribution in [2.45, 2.75) is 51.6 Å². The van der Waals surface area contributed by atoms with Gasteiger partial charge in [0.2, 0.25) is 0 Å². The molecule has 1 N–H and O–H groups in total. The average Bonchev–Trinajstić information content (AvgIpc) is 3.23. The normalized spacial score (nSPS) is 17.9. The Labute approximate surface area is 196 Å². The van der Waals surface area contributed by atoms with E-state index in [1.807, 2.05) is 36.4 Å². The average molecular weight is 469 g/mol. The number of nitro groups is 1. The molecule has 2 aromatic rings. The van der Waals surface area contributed by atoms with E-state index in [-0.39, 0.29) is 17.7 Å². The van der Waals surface area contributed by atoms with Gasteiger partial charge in [0.15, 0.2) is 0 Å². The van der Waals surface area contributed by atoms with Crippen LogP contribution < -0.4 is 15.7 Å². The number of benzene rings is 2. The predicted octanol–water partition coefficient (Wildman–Crippen LogP) is 3.37. The summed E-state index contributed by atoms with van der Waals surface area (Å²) < 4.78 is 11.8. The van der Waals surface area contributed by atoms with Crippen LogP contribution in [-0.4, -0.2) is 38.5 Å². The van der Waals surface area contributed by atoms with Gasteiger partial charge in [0, 0.05) is 6.04 Å². The zero-order valence-corrected chi connectivity index (χ0v) is 20.7. The molecule has 0 amide bonds. The topological polar surface area (TPSA) is 90.7 Å². The maximum absolute atomic E-state index is 12.1. The quantitative estimate of drug-likeness (QED) is 0.210. The first kappa shape index (κ1) is 24.7. The number of esters is 1. The summed E-state index contributed by atoms with van der Waals surface area (Å²) in [5, 5.41) is 16.9. The Balaban J connectivity index is 1.92. The van der Waals surface area contributed by atoms with Crippen molar-refractivity contribution >= 4 is 24.7 Å². The van der Waals surface area contributed by atoms with Gasteiger partial charge in [0.1, 0.15) is 0 Å². The highest BCUT2D eigenvalue weighted by atomic mass is 28.4. The van der Waals surface area contributed by atoms with Gasteiger partial charge in [-0.05, 0) is 35.2 Å². The second-order valence-electron chi connectivity index (χ2n) is 9.16. The number of allylic oxidation sites excluding steroid dienone is 1. The first-order valence-corrected chi connectivity index (χ1v) is 13.2. The van der Waals surface area contributed by atoms with Gasteiger partial charge in [0.05, 0.1) is 23.8 Å². The van der Waals surface area contributed by atoms with Gasteiger partial charge in [-0.1, -0.05) is 81.4 Å². The van der Waals surface area contributed by atoms with E-state index in [4.69, 9.17) is 9.16 Å². The molecule has 0 aliphatic carbocycles. The lowest BCUT2D eigenvalue weighted by Gasteiger charge is -2.43. The van der Waals surface area contributed by atoms with Crippen LogP contribution in [0.3, 0.4) is 0 Å². The number of carbonyl (C=O) groups is 1. The van der Waals surface area contributed by atoms with Crippen LogP contribution in [0.1, 0.15) is 40.5 Å². The molecule has 0 radical (unpaired) electrons. The molecule has 2 aromatic carbocycles. The van der Waals surface area contributed by atoms with Crippen LogP contribution in [0.2, 0.25) is 5.04 Å². The summed E-state index contributed by atoms with van der Waals surface area (Å²) in [7, 11) is -2.70. The lowest BCUT2D eigenvalue weighted by atomic mass is 10.2. The molecule has 176 valence electrons. The summed E-state index contributed by atoms with van der Waals surface area (Å²) in [6, 6.07) is 20.5. The maximum Gasteiger partial charge on any atom is 0.411 e. The van der Waals surface area contributed by atoms with Gasteiger partial charge < -0.3 is 14.5 Å². The highest BCUT2D eigenvalue weighted by Crippen LogP contribution is 2.37. The summed E-state index contributed by atoms with van der Waals surface area (Å²) in [5.74, 6) is -0.904. The van der Waals surface area contributed by atoms with Crippen molar-refractivity contribution in [1.29, 1.82) is 0 Å². The van der Waals surface area contributed by atoms with E-state index in [0.29, 0.717) is 25.1 Å². The number of hydrogen-bond acceptors (Lipinski definition) is 6. The molecule has 1 heterocycles. The van der Waals surface area contributed by atoms with Crippen LogP contribution in [0.15, 0.2) is 72.1 Å². The number of nitrogens with one attached hydrogen (secondary N) is 1. The SMILES string of the molecule is CCOC(=O)/C(=C1\CC[C@H](CO[Si](c2ccccc2)(c2ccccc2)C(C)(C)C)N1)[N+](=O)[O-]. The molecule has 1 atom stereocenters. The van der Waals surface area contributed by atoms with Crippen molar-refractivity contribution in [2.75, 3.05) is 13.2 Å². The Hall–Kier alpha value is -2.97. The number of hydrogen-bond donors (Lipinski definition) is 1. The Morgan fingerprint density at radius 3 is 2.09 bits per heavy atom. The van der Waals surface area contributed by atoms with Crippen LogP contribution in [0, 0.1) is 10.1 Å². The minimum absolute atomic E-state index is 0.0871. The predicted molar refractivity (Wildman–Crippen MR) is 130 cm³/mol. The van der Waals surface area contributed by atoms with Crippen LogP contribution in [0.5, 0.6) is 0 Å². The van der Waals surface area contributed by atoms with Gasteiger partial charge in [-0.15, -0.1) is 0 Å². The molecule has 3 rings (SSSR count). The van der Waals surface area contributed by atoms with Crippen molar-refractivity contribution in [3.05, 3.63) is 82.2 Å². The van der Waals surface area contributed by atoms with E-state index < -0.39 is 24.9 Å². The highest BCUT2D eigenvalue weighted by Gasteiger charge is 2.50. The fraction of sp³-hybridized carbons (Fsp3) is 0.400. The molecule has 7 nitrogen and oxygen atoms in total. The second kappa shape index (κ2) is 10.3. The molecule has 1 aliphatic rings. The molecule has 0 spiro atoms. The van der Waals surface area contributed by atoms with Crippen molar-refractivity contribution in [3.8, 4) is 0 Å². The summed E-state index contributed by atoms with van der Waals surface area (Å²) in [6.07, 6.45) is 1.05. The standard InChI is InChI=1S/C25H32N2O5Si/c1-5-31-24(28)23(27(29)30)22-17-16-19(26-22)18-32-33(25(2,3)4,20-12-8-6-9-13-20)21-14-10-7-11-15-21/h6-15,19,26H,5,16-18H2,1-4H3/b23-22-/t19-/m1/s1. The molecule has 0 unspecified atom stereocenters. The summed E-state index contributed by atoms with van der Waals surface area (Å²) in [5.41, 5.74) is -0.195. The zero-order chi connectivity index (χ0) is 24.1. The fourth-order valence-electron chi connectivity index (χ4n) is 4.52. The lowest BCUT2D eigenvalue weighted by Crippen LogP contribution is -2.67. The van der Waals surface area contributed by atoms with E-state index >= 15 is 0 Å². The van der Waals surface area contributed by atoms with Gasteiger partial charge in [-0.25, -0.2) is 4.79 Å². The van der Waals surface area contributed by atoms with Crippen LogP contribution in [0.25, 0.3) is 0 Å². The molecule has 8 heteroatoms. The van der Waals surface area contributed by atoms with Crippen LogP contribution >= 0.6 is 0 Å². The molecule has 1 aliphatic heterocycles. The molecular weight excluding hydrogens is 436 g/mol. The van der Waals surface area contributed by atoms with Gasteiger partial charge >= 0.3 is 11.7 Å². The molecule has 0 bridgehead atoms. The first-order chi connectivity index (χ1) is 15.7. The Morgan fingerprint density at radius 1 is 1.09 bits per heavy atom. The van der Waals surface area contributed by atoms with E-state index in [2.05, 4.69) is 50.4 Å². The first-order valence-electron chi connectivity index (χ1n) is 11.3. The number of ether oxygens (including phenoxy) is 1. The van der Waals surface area contributed by atoms with E-state index in [1.54, 1.807) is 6.92 Å². The largest absolute Gasteiger partial charge is 0.458 e.